The maximum absolute atomic E-state index is 12.5. The molecule has 1 atom stereocenters. The van der Waals surface area contributed by atoms with Crippen LogP contribution in [0, 0.1) is 11.3 Å². The van der Waals surface area contributed by atoms with Gasteiger partial charge < -0.3 is 5.32 Å². The summed E-state index contributed by atoms with van der Waals surface area (Å²) in [5, 5.41) is 3.10. The molecule has 2 fully saturated rings. The van der Waals surface area contributed by atoms with Crippen molar-refractivity contribution in [3.63, 3.8) is 0 Å². The zero-order valence-electron chi connectivity index (χ0n) is 14.5. The summed E-state index contributed by atoms with van der Waals surface area (Å²) in [6.07, 6.45) is 6.89. The molecule has 4 nitrogen and oxygen atoms in total. The molecular weight excluding hydrogens is 310 g/mol. The van der Waals surface area contributed by atoms with Crippen molar-refractivity contribution in [1.29, 1.82) is 0 Å². The van der Waals surface area contributed by atoms with Gasteiger partial charge in [-0.05, 0) is 61.0 Å². The number of rotatable bonds is 5. The van der Waals surface area contributed by atoms with Gasteiger partial charge in [0.15, 0.2) is 0 Å². The lowest BCUT2D eigenvalue weighted by Gasteiger charge is -2.32. The van der Waals surface area contributed by atoms with Gasteiger partial charge in [0.25, 0.3) is 0 Å². The van der Waals surface area contributed by atoms with E-state index >= 15 is 0 Å². The standard InChI is InChI=1S/C21H25N3O/c25-20(23-15-17-6-10-22-11-7-17)19-14-21(19)8-12-24(13-9-21)16-18-4-2-1-3-5-18/h1-7,10-11,19H,8-9,12-16H2,(H,23,25). The summed E-state index contributed by atoms with van der Waals surface area (Å²) >= 11 is 0. The van der Waals surface area contributed by atoms with Gasteiger partial charge in [-0.2, -0.15) is 0 Å². The molecular formula is C21H25N3O. The molecule has 1 aromatic heterocycles. The maximum Gasteiger partial charge on any atom is 0.223 e. The molecule has 1 aromatic carbocycles. The minimum Gasteiger partial charge on any atom is -0.352 e. The molecule has 4 heteroatoms. The molecule has 2 aliphatic rings. The Hall–Kier alpha value is -2.20. The molecule has 1 saturated heterocycles. The Labute approximate surface area is 149 Å². The lowest BCUT2D eigenvalue weighted by atomic mass is 9.90. The number of nitrogens with zero attached hydrogens (tertiary/aromatic N) is 2. The van der Waals surface area contributed by atoms with Gasteiger partial charge in [0.05, 0.1) is 0 Å². The number of likely N-dealkylation sites (tertiary alicyclic amines) is 1. The number of benzene rings is 1. The first-order valence-electron chi connectivity index (χ1n) is 9.18. The Kier molecular flexibility index (Phi) is 4.53. The van der Waals surface area contributed by atoms with Crippen molar-refractivity contribution in [2.45, 2.75) is 32.4 Å². The lowest BCUT2D eigenvalue weighted by Crippen LogP contribution is -2.36. The van der Waals surface area contributed by atoms with Gasteiger partial charge in [-0.3, -0.25) is 14.7 Å². The molecule has 4 rings (SSSR count). The Balaban J connectivity index is 1.25. The van der Waals surface area contributed by atoms with Crippen LogP contribution in [0.1, 0.15) is 30.4 Å². The highest BCUT2D eigenvalue weighted by atomic mass is 16.2. The first-order chi connectivity index (χ1) is 12.3. The zero-order chi connectivity index (χ0) is 17.1. The van der Waals surface area contributed by atoms with E-state index in [9.17, 15) is 4.79 Å². The highest BCUT2D eigenvalue weighted by molar-refractivity contribution is 5.82. The third-order valence-corrected chi connectivity index (χ3v) is 5.82. The van der Waals surface area contributed by atoms with Crippen LogP contribution in [0.4, 0.5) is 0 Å². The van der Waals surface area contributed by atoms with Crippen LogP contribution < -0.4 is 5.32 Å². The number of pyridine rings is 1. The zero-order valence-corrected chi connectivity index (χ0v) is 14.5. The molecule has 25 heavy (non-hydrogen) atoms. The van der Waals surface area contributed by atoms with E-state index in [1.165, 1.54) is 5.56 Å². The van der Waals surface area contributed by atoms with Crippen LogP contribution in [-0.2, 0) is 17.9 Å². The molecule has 1 aliphatic carbocycles. The van der Waals surface area contributed by atoms with E-state index in [0.29, 0.717) is 6.54 Å². The second-order valence-corrected chi connectivity index (χ2v) is 7.45. The van der Waals surface area contributed by atoms with Crippen LogP contribution in [0.2, 0.25) is 0 Å². The molecule has 130 valence electrons. The molecule has 1 saturated carbocycles. The van der Waals surface area contributed by atoms with Gasteiger partial charge in [0.2, 0.25) is 5.91 Å². The SMILES string of the molecule is O=C(NCc1ccncc1)C1CC12CCN(Cc1ccccc1)CC2. The summed E-state index contributed by atoms with van der Waals surface area (Å²) in [6, 6.07) is 14.5. The van der Waals surface area contributed by atoms with Gasteiger partial charge in [0, 0.05) is 31.4 Å². The summed E-state index contributed by atoms with van der Waals surface area (Å²) in [4.78, 5) is 19.0. The summed E-state index contributed by atoms with van der Waals surface area (Å²) < 4.78 is 0. The van der Waals surface area contributed by atoms with Gasteiger partial charge in [-0.15, -0.1) is 0 Å². The van der Waals surface area contributed by atoms with Crippen LogP contribution in [0.25, 0.3) is 0 Å². The van der Waals surface area contributed by atoms with Crippen molar-refractivity contribution in [2.75, 3.05) is 13.1 Å². The highest BCUT2D eigenvalue weighted by Gasteiger charge is 2.58. The van der Waals surface area contributed by atoms with Crippen LogP contribution in [0.3, 0.4) is 0 Å². The van der Waals surface area contributed by atoms with Crippen molar-refractivity contribution < 1.29 is 4.79 Å². The first-order valence-corrected chi connectivity index (χ1v) is 9.18. The van der Waals surface area contributed by atoms with Crippen molar-refractivity contribution in [3.05, 3.63) is 66.0 Å². The van der Waals surface area contributed by atoms with Crippen LogP contribution in [-0.4, -0.2) is 28.9 Å². The topological polar surface area (TPSA) is 45.2 Å². The summed E-state index contributed by atoms with van der Waals surface area (Å²) in [5.41, 5.74) is 2.76. The number of amides is 1. The Bertz CT molecular complexity index is 708. The Morgan fingerprint density at radius 1 is 1.08 bits per heavy atom. The second kappa shape index (κ2) is 6.96. The number of nitrogens with one attached hydrogen (secondary N) is 1. The minimum atomic E-state index is 0.216. The molecule has 1 amide bonds. The number of carbonyl (C=O) groups excluding carboxylic acids is 1. The summed E-state index contributed by atoms with van der Waals surface area (Å²) in [7, 11) is 0. The van der Waals surface area contributed by atoms with Crippen molar-refractivity contribution in [1.82, 2.24) is 15.2 Å². The van der Waals surface area contributed by atoms with Crippen LogP contribution in [0.5, 0.6) is 0 Å². The third-order valence-electron chi connectivity index (χ3n) is 5.82. The minimum absolute atomic E-state index is 0.216. The van der Waals surface area contributed by atoms with Crippen molar-refractivity contribution in [3.8, 4) is 0 Å². The monoisotopic (exact) mass is 335 g/mol. The van der Waals surface area contributed by atoms with E-state index in [4.69, 9.17) is 0 Å². The molecule has 2 aromatic rings. The number of aromatic nitrogens is 1. The summed E-state index contributed by atoms with van der Waals surface area (Å²) in [5.74, 6) is 0.446. The van der Waals surface area contributed by atoms with E-state index in [0.717, 1.165) is 44.5 Å². The normalized spacial score (nSPS) is 21.8. The smallest absolute Gasteiger partial charge is 0.223 e. The van der Waals surface area contributed by atoms with E-state index in [2.05, 4.69) is 45.5 Å². The van der Waals surface area contributed by atoms with E-state index < -0.39 is 0 Å². The fourth-order valence-corrected chi connectivity index (χ4v) is 4.08. The highest BCUT2D eigenvalue weighted by Crippen LogP contribution is 2.59. The van der Waals surface area contributed by atoms with E-state index in [1.54, 1.807) is 12.4 Å². The maximum atomic E-state index is 12.5. The largest absolute Gasteiger partial charge is 0.352 e. The predicted molar refractivity (Wildman–Crippen MR) is 97.6 cm³/mol. The molecule has 1 unspecified atom stereocenters. The van der Waals surface area contributed by atoms with Crippen molar-refractivity contribution >= 4 is 5.91 Å². The van der Waals surface area contributed by atoms with Gasteiger partial charge in [-0.1, -0.05) is 30.3 Å². The molecule has 1 N–H and O–H groups in total. The third kappa shape index (κ3) is 3.74. The number of hydrogen-bond acceptors (Lipinski definition) is 3. The number of hydrogen-bond donors (Lipinski definition) is 1. The fourth-order valence-electron chi connectivity index (χ4n) is 4.08. The number of piperidine rings is 1. The Morgan fingerprint density at radius 2 is 1.80 bits per heavy atom. The quantitative estimate of drug-likeness (QED) is 0.914. The first kappa shape index (κ1) is 16.3. The average Bonchev–Trinajstić information content (AvgIpc) is 3.37. The molecule has 2 heterocycles. The van der Waals surface area contributed by atoms with Gasteiger partial charge in [-0.25, -0.2) is 0 Å². The molecule has 0 radical (unpaired) electrons. The summed E-state index contributed by atoms with van der Waals surface area (Å²) in [6.45, 7) is 3.83. The fraction of sp³-hybridized carbons (Fsp3) is 0.429. The van der Waals surface area contributed by atoms with E-state index in [1.807, 2.05) is 12.1 Å². The average molecular weight is 335 g/mol. The lowest BCUT2D eigenvalue weighted by molar-refractivity contribution is -0.123. The molecule has 0 bridgehead atoms. The van der Waals surface area contributed by atoms with Crippen LogP contribution in [0.15, 0.2) is 54.9 Å². The van der Waals surface area contributed by atoms with E-state index in [-0.39, 0.29) is 17.2 Å². The van der Waals surface area contributed by atoms with Gasteiger partial charge in [0.1, 0.15) is 0 Å². The van der Waals surface area contributed by atoms with Crippen molar-refractivity contribution in [2.24, 2.45) is 11.3 Å². The van der Waals surface area contributed by atoms with Gasteiger partial charge >= 0.3 is 0 Å². The Morgan fingerprint density at radius 3 is 2.52 bits per heavy atom. The molecule has 1 spiro atoms. The number of carbonyl (C=O) groups is 1. The molecule has 1 aliphatic heterocycles. The van der Waals surface area contributed by atoms with Crippen LogP contribution >= 0.6 is 0 Å². The predicted octanol–water partition coefficient (Wildman–Crippen LogP) is 3.00. The second-order valence-electron chi connectivity index (χ2n) is 7.45.